The molecule has 0 atom stereocenters. The highest BCUT2D eigenvalue weighted by atomic mass is 16.3. The monoisotopic (exact) mass is 577 g/mol. The first-order valence-electron chi connectivity index (χ1n) is 15.2. The van der Waals surface area contributed by atoms with Gasteiger partial charge in [-0.25, -0.2) is 0 Å². The van der Waals surface area contributed by atoms with Gasteiger partial charge in [0.1, 0.15) is 16.7 Å². The van der Waals surface area contributed by atoms with Crippen molar-refractivity contribution in [3.8, 4) is 22.3 Å². The van der Waals surface area contributed by atoms with Crippen molar-refractivity contribution in [3.05, 3.63) is 164 Å². The van der Waals surface area contributed by atoms with Gasteiger partial charge in [-0.05, 0) is 71.3 Å². The van der Waals surface area contributed by atoms with Gasteiger partial charge in [-0.2, -0.15) is 0 Å². The number of fused-ring (bicyclic) bond motifs is 6. The Morgan fingerprint density at radius 2 is 0.933 bits per heavy atom. The van der Waals surface area contributed by atoms with Crippen molar-refractivity contribution >= 4 is 60.9 Å². The largest absolute Gasteiger partial charge is 0.456 e. The van der Waals surface area contributed by atoms with Gasteiger partial charge in [0.25, 0.3) is 0 Å². The van der Waals surface area contributed by atoms with Crippen LogP contribution in [0.25, 0.3) is 66.1 Å². The number of para-hydroxylation sites is 3. The van der Waals surface area contributed by atoms with Crippen LogP contribution < -0.4 is 4.90 Å². The fraction of sp³-hybridized carbons (Fsp3) is 0. The second-order valence-electron chi connectivity index (χ2n) is 11.3. The number of hydrogen-bond donors (Lipinski definition) is 0. The number of rotatable bonds is 5. The molecule has 2 heterocycles. The lowest BCUT2D eigenvalue weighted by atomic mass is 9.98. The van der Waals surface area contributed by atoms with Crippen molar-refractivity contribution in [2.24, 2.45) is 0 Å². The Hall–Kier alpha value is -6.06. The Bertz CT molecular complexity index is 2470. The van der Waals surface area contributed by atoms with Crippen molar-refractivity contribution in [2.75, 3.05) is 4.90 Å². The fourth-order valence-corrected chi connectivity index (χ4v) is 6.54. The van der Waals surface area contributed by atoms with Crippen LogP contribution in [-0.2, 0) is 0 Å². The third kappa shape index (κ3) is 4.21. The zero-order valence-corrected chi connectivity index (χ0v) is 24.4. The Morgan fingerprint density at radius 3 is 1.69 bits per heavy atom. The summed E-state index contributed by atoms with van der Waals surface area (Å²) in [5, 5.41) is 4.47. The molecule has 3 nitrogen and oxygen atoms in total. The summed E-state index contributed by atoms with van der Waals surface area (Å²) in [6.45, 7) is 0. The van der Waals surface area contributed by atoms with Gasteiger partial charge in [0.15, 0.2) is 5.58 Å². The Labute approximate surface area is 260 Å². The van der Waals surface area contributed by atoms with Gasteiger partial charge in [0.05, 0.1) is 5.69 Å². The SMILES string of the molecule is c1ccc(-c2ccc3c(oc4ccccc43)c2N(c2ccccc2)c2ccc(-c3ccc4oc5ccccc5c4c3)cc2)cc1. The second-order valence-corrected chi connectivity index (χ2v) is 11.3. The average Bonchev–Trinajstić information content (AvgIpc) is 3.68. The lowest BCUT2D eigenvalue weighted by Crippen LogP contribution is -2.11. The fourth-order valence-electron chi connectivity index (χ4n) is 6.54. The molecule has 9 rings (SSSR count). The molecule has 0 aliphatic carbocycles. The molecule has 0 aliphatic heterocycles. The molecule has 9 aromatic rings. The summed E-state index contributed by atoms with van der Waals surface area (Å²) in [7, 11) is 0. The zero-order chi connectivity index (χ0) is 29.7. The van der Waals surface area contributed by atoms with E-state index in [-0.39, 0.29) is 0 Å². The molecule has 3 heteroatoms. The first kappa shape index (κ1) is 25.4. The van der Waals surface area contributed by atoms with E-state index in [9.17, 15) is 0 Å². The number of anilines is 3. The molecule has 0 N–H and O–H groups in total. The van der Waals surface area contributed by atoms with Crippen molar-refractivity contribution < 1.29 is 8.83 Å². The summed E-state index contributed by atoms with van der Waals surface area (Å²) in [5.74, 6) is 0. The molecule has 0 fully saturated rings. The maximum Gasteiger partial charge on any atom is 0.160 e. The van der Waals surface area contributed by atoms with Crippen LogP contribution in [0.4, 0.5) is 17.1 Å². The van der Waals surface area contributed by atoms with E-state index in [2.05, 4.69) is 144 Å². The van der Waals surface area contributed by atoms with Crippen LogP contribution in [-0.4, -0.2) is 0 Å². The smallest absolute Gasteiger partial charge is 0.160 e. The summed E-state index contributed by atoms with van der Waals surface area (Å²) in [5.41, 5.74) is 11.2. The maximum absolute atomic E-state index is 6.68. The summed E-state index contributed by atoms with van der Waals surface area (Å²) in [6, 6.07) is 57.2. The standard InChI is InChI=1S/C42H27NO2/c1-3-11-29(12-4-1)33-24-25-36-34-15-7-10-18-39(34)45-42(36)41(33)43(31-13-5-2-6-14-31)32-22-19-28(20-23-32)30-21-26-40-37(27-30)35-16-8-9-17-38(35)44-40/h1-27H. The van der Waals surface area contributed by atoms with Crippen LogP contribution in [0.2, 0.25) is 0 Å². The number of benzene rings is 7. The highest BCUT2D eigenvalue weighted by Crippen LogP contribution is 2.47. The molecule has 0 radical (unpaired) electrons. The quantitative estimate of drug-likeness (QED) is 0.204. The third-order valence-electron chi connectivity index (χ3n) is 8.68. The predicted octanol–water partition coefficient (Wildman–Crippen LogP) is 12.3. The van der Waals surface area contributed by atoms with Gasteiger partial charge < -0.3 is 13.7 Å². The summed E-state index contributed by atoms with van der Waals surface area (Å²) in [6.07, 6.45) is 0. The lowest BCUT2D eigenvalue weighted by molar-refractivity contribution is 0.668. The van der Waals surface area contributed by atoms with E-state index in [4.69, 9.17) is 8.83 Å². The van der Waals surface area contributed by atoms with Crippen molar-refractivity contribution in [3.63, 3.8) is 0 Å². The highest BCUT2D eigenvalue weighted by Gasteiger charge is 2.23. The van der Waals surface area contributed by atoms with E-state index >= 15 is 0 Å². The number of furan rings is 2. The Balaban J connectivity index is 1.25. The van der Waals surface area contributed by atoms with Gasteiger partial charge >= 0.3 is 0 Å². The Kier molecular flexibility index (Phi) is 5.82. The van der Waals surface area contributed by atoms with E-state index in [1.807, 2.05) is 24.3 Å². The second kappa shape index (κ2) is 10.3. The highest BCUT2D eigenvalue weighted by molar-refractivity contribution is 6.13. The molecule has 0 amide bonds. The average molecular weight is 578 g/mol. The van der Waals surface area contributed by atoms with E-state index < -0.39 is 0 Å². The number of nitrogens with zero attached hydrogens (tertiary/aromatic N) is 1. The van der Waals surface area contributed by atoms with Gasteiger partial charge in [-0.15, -0.1) is 0 Å². The van der Waals surface area contributed by atoms with E-state index in [0.29, 0.717) is 0 Å². The van der Waals surface area contributed by atoms with Crippen LogP contribution in [0, 0.1) is 0 Å². The van der Waals surface area contributed by atoms with Crippen molar-refractivity contribution in [1.29, 1.82) is 0 Å². The Morgan fingerprint density at radius 1 is 0.356 bits per heavy atom. The van der Waals surface area contributed by atoms with Crippen molar-refractivity contribution in [1.82, 2.24) is 0 Å². The van der Waals surface area contributed by atoms with E-state index in [1.165, 1.54) is 0 Å². The minimum Gasteiger partial charge on any atom is -0.456 e. The van der Waals surface area contributed by atoms with Gasteiger partial charge in [-0.3, -0.25) is 0 Å². The minimum atomic E-state index is 0.864. The molecule has 0 aliphatic rings. The summed E-state index contributed by atoms with van der Waals surface area (Å²) < 4.78 is 12.8. The first-order chi connectivity index (χ1) is 22.3. The molecule has 0 spiro atoms. The first-order valence-corrected chi connectivity index (χ1v) is 15.2. The molecule has 0 saturated heterocycles. The van der Waals surface area contributed by atoms with Crippen LogP contribution in [0.1, 0.15) is 0 Å². The van der Waals surface area contributed by atoms with Crippen LogP contribution in [0.3, 0.4) is 0 Å². The molecule has 45 heavy (non-hydrogen) atoms. The van der Waals surface area contributed by atoms with E-state index in [0.717, 1.165) is 83.2 Å². The molecular weight excluding hydrogens is 550 g/mol. The molecule has 0 saturated carbocycles. The van der Waals surface area contributed by atoms with Crippen molar-refractivity contribution in [2.45, 2.75) is 0 Å². The molecule has 0 bridgehead atoms. The molecule has 212 valence electrons. The topological polar surface area (TPSA) is 29.5 Å². The predicted molar refractivity (Wildman–Crippen MR) is 187 cm³/mol. The summed E-state index contributed by atoms with van der Waals surface area (Å²) >= 11 is 0. The van der Waals surface area contributed by atoms with Crippen LogP contribution >= 0.6 is 0 Å². The van der Waals surface area contributed by atoms with Gasteiger partial charge in [0.2, 0.25) is 0 Å². The van der Waals surface area contributed by atoms with Crippen LogP contribution in [0.5, 0.6) is 0 Å². The van der Waals surface area contributed by atoms with Gasteiger partial charge in [-0.1, -0.05) is 109 Å². The maximum atomic E-state index is 6.68. The third-order valence-corrected chi connectivity index (χ3v) is 8.68. The molecule has 2 aromatic heterocycles. The van der Waals surface area contributed by atoms with Crippen LogP contribution in [0.15, 0.2) is 173 Å². The molecule has 0 unspecified atom stereocenters. The zero-order valence-electron chi connectivity index (χ0n) is 24.4. The normalized spacial score (nSPS) is 11.6. The molecular formula is C42H27NO2. The van der Waals surface area contributed by atoms with Gasteiger partial charge in [0, 0.05) is 38.5 Å². The lowest BCUT2D eigenvalue weighted by Gasteiger charge is -2.28. The molecule has 7 aromatic carbocycles. The van der Waals surface area contributed by atoms with E-state index in [1.54, 1.807) is 0 Å². The summed E-state index contributed by atoms with van der Waals surface area (Å²) in [4.78, 5) is 2.32. The number of hydrogen-bond acceptors (Lipinski definition) is 3. The minimum absolute atomic E-state index is 0.864.